The standard InChI is InChI=1S/C10H13AsNO3S/c1-7-5-8(6-10(12)13)3-4-9(7)11-16(2,14)15/h3-6,11H,1-2H3,(H2,12,13). The van der Waals surface area contributed by atoms with Crippen LogP contribution in [-0.4, -0.2) is 35.2 Å². The Hall–Kier alpha value is -0.802. The van der Waals surface area contributed by atoms with E-state index in [9.17, 15) is 13.2 Å². The van der Waals surface area contributed by atoms with Gasteiger partial charge in [0.15, 0.2) is 0 Å². The second kappa shape index (κ2) is 5.02. The van der Waals surface area contributed by atoms with Crippen molar-refractivity contribution in [2.75, 3.05) is 6.26 Å². The van der Waals surface area contributed by atoms with E-state index in [2.05, 4.69) is 0 Å². The molecule has 0 saturated heterocycles. The van der Waals surface area contributed by atoms with Gasteiger partial charge in [-0.2, -0.15) is 0 Å². The molecule has 1 radical (unpaired) electrons. The fourth-order valence-corrected chi connectivity index (χ4v) is 6.17. The molecule has 1 aromatic carbocycles. The number of rotatable bonds is 4. The summed E-state index contributed by atoms with van der Waals surface area (Å²) in [5, 5.41) is 0. The van der Waals surface area contributed by atoms with Crippen molar-refractivity contribution in [3.8, 4) is 0 Å². The maximum atomic E-state index is 11.2. The van der Waals surface area contributed by atoms with Crippen molar-refractivity contribution in [1.29, 1.82) is 0 Å². The molecule has 0 aromatic heterocycles. The Bertz CT molecular complexity index is 511. The van der Waals surface area contributed by atoms with E-state index in [0.29, 0.717) is 5.56 Å². The van der Waals surface area contributed by atoms with Crippen molar-refractivity contribution in [3.05, 3.63) is 35.7 Å². The summed E-state index contributed by atoms with van der Waals surface area (Å²) in [6.45, 7) is 1.84. The first-order chi connectivity index (χ1) is 7.28. The number of carbonyl (C=O) groups excluding carboxylic acids is 1. The molecule has 1 aromatic rings. The summed E-state index contributed by atoms with van der Waals surface area (Å²) in [5.41, 5.74) is 6.62. The van der Waals surface area contributed by atoms with E-state index in [4.69, 9.17) is 5.73 Å². The molecule has 0 aliphatic carbocycles. The molecule has 0 aliphatic heterocycles. The van der Waals surface area contributed by atoms with E-state index in [-0.39, 0.29) is 0 Å². The van der Waals surface area contributed by atoms with E-state index in [1.54, 1.807) is 18.2 Å². The van der Waals surface area contributed by atoms with Crippen molar-refractivity contribution >= 4 is 33.0 Å². The van der Waals surface area contributed by atoms with Gasteiger partial charge in [-0.1, -0.05) is 0 Å². The summed E-state index contributed by atoms with van der Waals surface area (Å²) in [6.07, 6.45) is 2.56. The number of benzene rings is 1. The molecular weight excluding hydrogens is 289 g/mol. The van der Waals surface area contributed by atoms with Gasteiger partial charge < -0.3 is 0 Å². The summed E-state index contributed by atoms with van der Waals surface area (Å²) >= 11 is -1.17. The third-order valence-electron chi connectivity index (χ3n) is 1.85. The minimum absolute atomic E-state index is 0.508. The van der Waals surface area contributed by atoms with Gasteiger partial charge in [-0.15, -0.1) is 0 Å². The Morgan fingerprint density at radius 1 is 1.44 bits per heavy atom. The number of aryl methyl sites for hydroxylation is 1. The molecule has 1 amide bonds. The number of hydrogen-bond donors (Lipinski definition) is 1. The first kappa shape index (κ1) is 13.3. The first-order valence-corrected chi connectivity index (χ1v) is 10.0. The maximum absolute atomic E-state index is 11.2. The van der Waals surface area contributed by atoms with Crippen LogP contribution in [0.4, 0.5) is 0 Å². The van der Waals surface area contributed by atoms with Crippen molar-refractivity contribution < 1.29 is 13.2 Å². The molecule has 1 rings (SSSR count). The third-order valence-corrected chi connectivity index (χ3v) is 7.34. The van der Waals surface area contributed by atoms with Crippen molar-refractivity contribution in [3.63, 3.8) is 0 Å². The number of primary amides is 1. The van der Waals surface area contributed by atoms with Crippen LogP contribution in [0.5, 0.6) is 0 Å². The number of nitrogens with two attached hydrogens (primary N) is 1. The van der Waals surface area contributed by atoms with Gasteiger partial charge >= 0.3 is 101 Å². The predicted octanol–water partition coefficient (Wildman–Crippen LogP) is -0.946. The van der Waals surface area contributed by atoms with Crippen molar-refractivity contribution in [2.45, 2.75) is 6.92 Å². The summed E-state index contributed by atoms with van der Waals surface area (Å²) in [4.78, 5) is 10.7. The molecule has 6 heteroatoms. The molecule has 0 bridgehead atoms. The molecule has 1 atom stereocenters. The number of hydrogen-bond acceptors (Lipinski definition) is 3. The fourth-order valence-electron chi connectivity index (χ4n) is 1.26. The van der Waals surface area contributed by atoms with E-state index >= 15 is 0 Å². The molecule has 87 valence electrons. The molecule has 0 spiro atoms. The molecule has 1 unspecified atom stereocenters. The molecule has 4 nitrogen and oxygen atoms in total. The van der Waals surface area contributed by atoms with Gasteiger partial charge in [0.25, 0.3) is 0 Å². The Morgan fingerprint density at radius 3 is 2.50 bits per heavy atom. The van der Waals surface area contributed by atoms with Gasteiger partial charge in [-0.25, -0.2) is 0 Å². The van der Waals surface area contributed by atoms with Gasteiger partial charge in [0, 0.05) is 0 Å². The van der Waals surface area contributed by atoms with Crippen LogP contribution in [0.15, 0.2) is 18.2 Å². The van der Waals surface area contributed by atoms with Crippen molar-refractivity contribution in [2.24, 2.45) is 5.73 Å². The van der Waals surface area contributed by atoms with Crippen LogP contribution in [0.2, 0.25) is 0 Å². The van der Waals surface area contributed by atoms with Crippen LogP contribution < -0.4 is 10.1 Å². The van der Waals surface area contributed by atoms with Crippen LogP contribution >= 0.6 is 0 Å². The Balaban J connectivity index is 2.96. The molecule has 0 aliphatic rings. The van der Waals surface area contributed by atoms with Gasteiger partial charge in [0.1, 0.15) is 0 Å². The first-order valence-electron chi connectivity index (χ1n) is 4.50. The van der Waals surface area contributed by atoms with E-state index in [0.717, 1.165) is 9.91 Å². The third kappa shape index (κ3) is 4.37. The van der Waals surface area contributed by atoms with Gasteiger partial charge in [0.2, 0.25) is 0 Å². The summed E-state index contributed by atoms with van der Waals surface area (Å²) in [6, 6.07) is 5.24. The zero-order valence-corrected chi connectivity index (χ0v) is 11.9. The molecule has 0 heterocycles. The molecule has 0 saturated carbocycles. The minimum atomic E-state index is -2.91. The SMILES string of the molecule is Cc1cc([CH]C(N)=O)ccc1[AsH]S(C)(=O)=O. The van der Waals surface area contributed by atoms with E-state index in [1.807, 2.05) is 6.92 Å². The van der Waals surface area contributed by atoms with Crippen LogP contribution in [0, 0.1) is 13.3 Å². The van der Waals surface area contributed by atoms with Gasteiger partial charge in [0.05, 0.1) is 0 Å². The summed E-state index contributed by atoms with van der Waals surface area (Å²) in [7, 11) is -2.91. The van der Waals surface area contributed by atoms with Crippen LogP contribution in [0.1, 0.15) is 11.1 Å². The Labute approximate surface area is 101 Å². The molecule has 2 N–H and O–H groups in total. The Morgan fingerprint density at radius 2 is 2.06 bits per heavy atom. The van der Waals surface area contributed by atoms with Crippen LogP contribution in [0.25, 0.3) is 0 Å². The number of amides is 1. The zero-order valence-electron chi connectivity index (χ0n) is 9.02. The Kier molecular flexibility index (Phi) is 4.16. The second-order valence-electron chi connectivity index (χ2n) is 3.50. The average molecular weight is 302 g/mol. The predicted molar refractivity (Wildman–Crippen MR) is 65.4 cm³/mol. The normalized spacial score (nSPS) is 12.1. The monoisotopic (exact) mass is 302 g/mol. The zero-order chi connectivity index (χ0) is 12.3. The van der Waals surface area contributed by atoms with Crippen LogP contribution in [-0.2, 0) is 12.9 Å². The summed E-state index contributed by atoms with van der Waals surface area (Å²) < 4.78 is 23.2. The van der Waals surface area contributed by atoms with E-state index < -0.39 is 28.6 Å². The van der Waals surface area contributed by atoms with E-state index in [1.165, 1.54) is 12.7 Å². The second-order valence-corrected chi connectivity index (χ2v) is 12.3. The molecular formula is C10H13AsNO3S. The average Bonchev–Trinajstić information content (AvgIpc) is 2.06. The number of carbonyl (C=O) groups is 1. The fraction of sp³-hybridized carbons (Fsp3) is 0.200. The van der Waals surface area contributed by atoms with Crippen LogP contribution in [0.3, 0.4) is 0 Å². The molecule has 16 heavy (non-hydrogen) atoms. The van der Waals surface area contributed by atoms with Gasteiger partial charge in [-0.05, 0) is 0 Å². The summed E-state index contributed by atoms with van der Waals surface area (Å²) in [5.74, 6) is -0.508. The van der Waals surface area contributed by atoms with Gasteiger partial charge in [-0.3, -0.25) is 0 Å². The molecule has 0 fully saturated rings. The van der Waals surface area contributed by atoms with Crippen molar-refractivity contribution in [1.82, 2.24) is 0 Å². The quantitative estimate of drug-likeness (QED) is 0.729. The topological polar surface area (TPSA) is 77.2 Å².